The van der Waals surface area contributed by atoms with Crippen LogP contribution in [-0.4, -0.2) is 18.0 Å². The molecular formula is C14H16ClF3O2. The van der Waals surface area contributed by atoms with E-state index in [4.69, 9.17) is 11.6 Å². The number of carbonyl (C=O) groups excluding carboxylic acids is 1. The van der Waals surface area contributed by atoms with Gasteiger partial charge in [0, 0.05) is 17.9 Å². The summed E-state index contributed by atoms with van der Waals surface area (Å²) in [6.07, 6.45) is -0.728. The van der Waals surface area contributed by atoms with Gasteiger partial charge in [0.1, 0.15) is 5.75 Å². The summed E-state index contributed by atoms with van der Waals surface area (Å²) in [5.74, 6) is 0.222. The van der Waals surface area contributed by atoms with Crippen LogP contribution in [0.2, 0.25) is 0 Å². The Labute approximate surface area is 120 Å². The minimum atomic E-state index is -4.71. The number of Topliss-reactive ketones (excluding diaryl/α,β-unsaturated/α-hetero) is 1. The van der Waals surface area contributed by atoms with Gasteiger partial charge in [-0.25, -0.2) is 0 Å². The molecule has 0 unspecified atom stereocenters. The molecule has 0 saturated carbocycles. The second-order valence-corrected chi connectivity index (χ2v) is 4.73. The van der Waals surface area contributed by atoms with Gasteiger partial charge < -0.3 is 4.74 Å². The third-order valence-corrected chi connectivity index (χ3v) is 2.96. The average molecular weight is 309 g/mol. The van der Waals surface area contributed by atoms with Gasteiger partial charge in [-0.05, 0) is 37.1 Å². The maximum absolute atomic E-state index is 12.0. The van der Waals surface area contributed by atoms with E-state index < -0.39 is 6.36 Å². The first-order chi connectivity index (χ1) is 9.42. The Kier molecular flexibility index (Phi) is 6.85. The van der Waals surface area contributed by atoms with Gasteiger partial charge in [0.25, 0.3) is 0 Å². The normalized spacial score (nSPS) is 11.4. The minimum Gasteiger partial charge on any atom is -0.406 e. The summed E-state index contributed by atoms with van der Waals surface area (Å²) < 4.78 is 39.6. The summed E-state index contributed by atoms with van der Waals surface area (Å²) in [4.78, 5) is 11.8. The first-order valence-corrected chi connectivity index (χ1v) is 6.91. The summed E-state index contributed by atoms with van der Waals surface area (Å²) in [5, 5.41) is 0. The van der Waals surface area contributed by atoms with Crippen molar-refractivity contribution in [2.45, 2.75) is 38.5 Å². The van der Waals surface area contributed by atoms with Crippen LogP contribution in [0.5, 0.6) is 5.75 Å². The molecule has 0 spiro atoms. The quantitative estimate of drug-likeness (QED) is 0.385. The van der Waals surface area contributed by atoms with Gasteiger partial charge in [0.05, 0.1) is 0 Å². The fraction of sp³-hybridized carbons (Fsp3) is 0.500. The molecule has 112 valence electrons. The first kappa shape index (κ1) is 16.8. The Morgan fingerprint density at radius 1 is 1.05 bits per heavy atom. The molecule has 0 aliphatic carbocycles. The average Bonchev–Trinajstić information content (AvgIpc) is 2.37. The minimum absolute atomic E-state index is 0.0746. The van der Waals surface area contributed by atoms with E-state index >= 15 is 0 Å². The van der Waals surface area contributed by atoms with Gasteiger partial charge in [-0.3, -0.25) is 4.79 Å². The first-order valence-electron chi connectivity index (χ1n) is 6.37. The number of hydrogen-bond acceptors (Lipinski definition) is 2. The van der Waals surface area contributed by atoms with Crippen LogP contribution in [0, 0.1) is 0 Å². The van der Waals surface area contributed by atoms with Crippen LogP contribution in [-0.2, 0) is 0 Å². The van der Waals surface area contributed by atoms with E-state index in [1.54, 1.807) is 0 Å². The van der Waals surface area contributed by atoms with E-state index in [-0.39, 0.29) is 11.5 Å². The third kappa shape index (κ3) is 6.80. The molecule has 6 heteroatoms. The van der Waals surface area contributed by atoms with E-state index in [9.17, 15) is 18.0 Å². The predicted molar refractivity (Wildman–Crippen MR) is 71.3 cm³/mol. The summed E-state index contributed by atoms with van der Waals surface area (Å²) in [6.45, 7) is 0. The number of alkyl halides is 4. The van der Waals surface area contributed by atoms with Crippen LogP contribution in [0.15, 0.2) is 24.3 Å². The number of unbranched alkanes of at least 4 members (excludes halogenated alkanes) is 3. The van der Waals surface area contributed by atoms with Crippen molar-refractivity contribution in [3.63, 3.8) is 0 Å². The highest BCUT2D eigenvalue weighted by Gasteiger charge is 2.31. The zero-order valence-electron chi connectivity index (χ0n) is 10.9. The standard InChI is InChI=1S/C14H16ClF3O2/c15-10-4-2-1-3-5-13(19)11-6-8-12(9-7-11)20-14(16,17)18/h6-9H,1-5,10H2. The van der Waals surface area contributed by atoms with Crippen LogP contribution in [0.25, 0.3) is 0 Å². The van der Waals surface area contributed by atoms with Crippen LogP contribution in [0.3, 0.4) is 0 Å². The molecule has 0 aromatic heterocycles. The number of ether oxygens (including phenoxy) is 1. The smallest absolute Gasteiger partial charge is 0.406 e. The molecular weight excluding hydrogens is 293 g/mol. The SMILES string of the molecule is O=C(CCCCCCCl)c1ccc(OC(F)(F)F)cc1. The summed E-state index contributed by atoms with van der Waals surface area (Å²) in [7, 11) is 0. The molecule has 0 atom stereocenters. The zero-order valence-corrected chi connectivity index (χ0v) is 11.6. The van der Waals surface area contributed by atoms with Gasteiger partial charge in [0.2, 0.25) is 0 Å². The topological polar surface area (TPSA) is 26.3 Å². The Hall–Kier alpha value is -1.23. The lowest BCUT2D eigenvalue weighted by atomic mass is 10.0. The van der Waals surface area contributed by atoms with Crippen LogP contribution < -0.4 is 4.74 Å². The summed E-state index contributed by atoms with van der Waals surface area (Å²) in [5.41, 5.74) is 0.400. The number of benzene rings is 1. The van der Waals surface area contributed by atoms with Gasteiger partial charge in [0.15, 0.2) is 5.78 Å². The number of ketones is 1. The lowest BCUT2D eigenvalue weighted by Crippen LogP contribution is -2.17. The molecule has 0 aliphatic heterocycles. The molecule has 1 aromatic carbocycles. The van der Waals surface area contributed by atoms with E-state index in [1.165, 1.54) is 12.1 Å². The fourth-order valence-corrected chi connectivity index (χ4v) is 1.91. The highest BCUT2D eigenvalue weighted by atomic mass is 35.5. The zero-order chi connectivity index (χ0) is 15.0. The Bertz CT molecular complexity index is 415. The number of carbonyl (C=O) groups is 1. The van der Waals surface area contributed by atoms with Crippen molar-refractivity contribution in [1.82, 2.24) is 0 Å². The van der Waals surface area contributed by atoms with Crippen molar-refractivity contribution < 1.29 is 22.7 Å². The fourth-order valence-electron chi connectivity index (χ4n) is 1.72. The van der Waals surface area contributed by atoms with E-state index in [0.717, 1.165) is 37.8 Å². The molecule has 0 fully saturated rings. The van der Waals surface area contributed by atoms with Crippen LogP contribution >= 0.6 is 11.6 Å². The maximum atomic E-state index is 12.0. The molecule has 0 saturated heterocycles. The van der Waals surface area contributed by atoms with E-state index in [2.05, 4.69) is 4.74 Å². The molecule has 0 radical (unpaired) electrons. The Balaban J connectivity index is 2.41. The lowest BCUT2D eigenvalue weighted by Gasteiger charge is -2.09. The molecule has 1 rings (SSSR count). The third-order valence-electron chi connectivity index (χ3n) is 2.70. The van der Waals surface area contributed by atoms with Crippen molar-refractivity contribution in [1.29, 1.82) is 0 Å². The molecule has 0 bridgehead atoms. The van der Waals surface area contributed by atoms with Gasteiger partial charge in [-0.15, -0.1) is 24.8 Å². The molecule has 0 amide bonds. The second kappa shape index (κ2) is 8.15. The maximum Gasteiger partial charge on any atom is 0.573 e. The summed E-state index contributed by atoms with van der Waals surface area (Å²) in [6, 6.07) is 4.99. The van der Waals surface area contributed by atoms with Crippen molar-refractivity contribution in [2.75, 3.05) is 5.88 Å². The molecule has 2 nitrogen and oxygen atoms in total. The summed E-state index contributed by atoms with van der Waals surface area (Å²) >= 11 is 5.54. The van der Waals surface area contributed by atoms with Gasteiger partial charge in [-0.1, -0.05) is 12.8 Å². The molecule has 20 heavy (non-hydrogen) atoms. The van der Waals surface area contributed by atoms with Crippen LogP contribution in [0.4, 0.5) is 13.2 Å². The monoisotopic (exact) mass is 308 g/mol. The Morgan fingerprint density at radius 3 is 2.20 bits per heavy atom. The molecule has 0 aliphatic rings. The van der Waals surface area contributed by atoms with Crippen molar-refractivity contribution in [3.8, 4) is 5.75 Å². The van der Waals surface area contributed by atoms with Crippen LogP contribution in [0.1, 0.15) is 42.5 Å². The van der Waals surface area contributed by atoms with E-state index in [1.807, 2.05) is 0 Å². The Morgan fingerprint density at radius 2 is 1.65 bits per heavy atom. The number of rotatable bonds is 8. The van der Waals surface area contributed by atoms with Crippen molar-refractivity contribution in [3.05, 3.63) is 29.8 Å². The molecule has 0 N–H and O–H groups in total. The number of hydrogen-bond donors (Lipinski definition) is 0. The van der Waals surface area contributed by atoms with Gasteiger partial charge >= 0.3 is 6.36 Å². The predicted octanol–water partition coefficient (Wildman–Crippen LogP) is 4.96. The lowest BCUT2D eigenvalue weighted by molar-refractivity contribution is -0.274. The largest absolute Gasteiger partial charge is 0.573 e. The van der Waals surface area contributed by atoms with Crippen molar-refractivity contribution in [2.24, 2.45) is 0 Å². The highest BCUT2D eigenvalue weighted by molar-refractivity contribution is 6.17. The van der Waals surface area contributed by atoms with Crippen molar-refractivity contribution >= 4 is 17.4 Å². The molecule has 0 heterocycles. The van der Waals surface area contributed by atoms with E-state index in [0.29, 0.717) is 17.9 Å². The molecule has 1 aromatic rings. The highest BCUT2D eigenvalue weighted by Crippen LogP contribution is 2.23. The second-order valence-electron chi connectivity index (χ2n) is 4.35. The number of halogens is 4. The van der Waals surface area contributed by atoms with Gasteiger partial charge in [-0.2, -0.15) is 0 Å².